The van der Waals surface area contributed by atoms with Crippen LogP contribution in [0.4, 0.5) is 0 Å². The Bertz CT molecular complexity index is 700. The molecule has 2 aliphatic heterocycles. The molecule has 0 spiro atoms. The molecule has 1 fully saturated rings. The zero-order valence-electron chi connectivity index (χ0n) is 13.4. The van der Waals surface area contributed by atoms with Crippen LogP contribution in [0, 0.1) is 0 Å². The molecule has 1 aromatic rings. The van der Waals surface area contributed by atoms with Crippen molar-refractivity contribution in [2.75, 3.05) is 13.1 Å². The highest BCUT2D eigenvalue weighted by Gasteiger charge is 2.22. The maximum Gasteiger partial charge on any atom is 0.189 e. The molecule has 128 valence electrons. The molecule has 0 aromatic carbocycles. The van der Waals surface area contributed by atoms with Crippen LogP contribution in [-0.4, -0.2) is 18.1 Å². The van der Waals surface area contributed by atoms with Gasteiger partial charge in [-0.3, -0.25) is 0 Å². The molecule has 0 saturated carbocycles. The number of allylic oxidation sites excluding steroid dienone is 4. The van der Waals surface area contributed by atoms with Crippen molar-refractivity contribution in [3.63, 3.8) is 0 Å². The number of thiazole rings is 1. The van der Waals surface area contributed by atoms with E-state index in [9.17, 15) is 0 Å². The molecule has 24 heavy (non-hydrogen) atoms. The quantitative estimate of drug-likeness (QED) is 0.789. The highest BCUT2D eigenvalue weighted by atomic mass is 79.9. The molecule has 1 aliphatic carbocycles. The van der Waals surface area contributed by atoms with E-state index in [0.717, 1.165) is 50.2 Å². The summed E-state index contributed by atoms with van der Waals surface area (Å²) in [5, 5.41) is 6.68. The Hall–Kier alpha value is -1.37. The van der Waals surface area contributed by atoms with Crippen LogP contribution in [0.15, 0.2) is 47.5 Å². The summed E-state index contributed by atoms with van der Waals surface area (Å²) in [5.41, 5.74) is 2.05. The van der Waals surface area contributed by atoms with E-state index in [1.807, 2.05) is 0 Å². The maximum atomic E-state index is 6.04. The topological polar surface area (TPSA) is 43.4 Å². The molecular formula is C18H21BrN2O2S. The molecule has 0 atom stereocenters. The standard InChI is InChI=1S/C18H20N2O2S.BrH/c1-2-4-13(5-3-1)16-10-21-11-17(22-16)15-12-23-18(20-15)14-6-8-19-9-7-14;/h1-2,4,10-12,14,19H,3,5-9H2;1H. The van der Waals surface area contributed by atoms with Crippen molar-refractivity contribution in [1.82, 2.24) is 10.3 Å². The number of nitrogens with zero attached hydrogens (tertiary/aromatic N) is 1. The molecule has 4 nitrogen and oxygen atoms in total. The number of hydrogen-bond donors (Lipinski definition) is 1. The van der Waals surface area contributed by atoms with Crippen LogP contribution in [0.3, 0.4) is 0 Å². The van der Waals surface area contributed by atoms with Crippen LogP contribution in [0.25, 0.3) is 5.76 Å². The molecule has 3 aliphatic rings. The Morgan fingerprint density at radius 1 is 1.17 bits per heavy atom. The molecule has 0 bridgehead atoms. The van der Waals surface area contributed by atoms with Crippen molar-refractivity contribution >= 4 is 34.1 Å². The van der Waals surface area contributed by atoms with Gasteiger partial charge < -0.3 is 14.8 Å². The normalized spacial score (nSPS) is 20.9. The monoisotopic (exact) mass is 408 g/mol. The van der Waals surface area contributed by atoms with Gasteiger partial charge in [-0.25, -0.2) is 4.98 Å². The van der Waals surface area contributed by atoms with Crippen molar-refractivity contribution in [2.45, 2.75) is 31.6 Å². The minimum Gasteiger partial charge on any atom is -0.465 e. The summed E-state index contributed by atoms with van der Waals surface area (Å²) >= 11 is 1.73. The van der Waals surface area contributed by atoms with Crippen LogP contribution in [0.2, 0.25) is 0 Å². The number of ether oxygens (including phenoxy) is 2. The minimum absolute atomic E-state index is 0. The second-order valence-corrected chi connectivity index (χ2v) is 6.85. The summed E-state index contributed by atoms with van der Waals surface area (Å²) in [6, 6.07) is 0. The Balaban J connectivity index is 0.00000169. The Labute approximate surface area is 156 Å². The molecule has 3 heterocycles. The zero-order valence-corrected chi connectivity index (χ0v) is 15.9. The molecule has 0 radical (unpaired) electrons. The third-order valence-corrected chi connectivity index (χ3v) is 5.37. The zero-order chi connectivity index (χ0) is 15.5. The molecule has 0 amide bonds. The van der Waals surface area contributed by atoms with Gasteiger partial charge in [0, 0.05) is 11.3 Å². The van der Waals surface area contributed by atoms with Crippen molar-refractivity contribution in [1.29, 1.82) is 0 Å². The van der Waals surface area contributed by atoms with Crippen LogP contribution in [-0.2, 0) is 9.47 Å². The van der Waals surface area contributed by atoms with Gasteiger partial charge in [0.2, 0.25) is 0 Å². The van der Waals surface area contributed by atoms with Gasteiger partial charge in [-0.1, -0.05) is 18.2 Å². The number of rotatable bonds is 3. The molecule has 1 aromatic heterocycles. The third-order valence-electron chi connectivity index (χ3n) is 4.36. The lowest BCUT2D eigenvalue weighted by Crippen LogP contribution is -2.26. The predicted molar refractivity (Wildman–Crippen MR) is 102 cm³/mol. The maximum absolute atomic E-state index is 6.04. The summed E-state index contributed by atoms with van der Waals surface area (Å²) in [6.07, 6.45) is 14.0. The Morgan fingerprint density at radius 3 is 2.79 bits per heavy atom. The lowest BCUT2D eigenvalue weighted by atomic mass is 9.99. The lowest BCUT2D eigenvalue weighted by molar-refractivity contribution is 0.284. The first-order chi connectivity index (χ1) is 11.4. The molecule has 1 N–H and O–H groups in total. The van der Waals surface area contributed by atoms with E-state index in [1.54, 1.807) is 23.9 Å². The van der Waals surface area contributed by atoms with Crippen molar-refractivity contribution in [3.05, 3.63) is 58.2 Å². The van der Waals surface area contributed by atoms with Crippen molar-refractivity contribution in [3.8, 4) is 0 Å². The fourth-order valence-electron chi connectivity index (χ4n) is 3.04. The SMILES string of the molecule is Br.C1=CCCC(C2=COC=C(c3csc(C4CCNCC4)n3)O2)=C1. The third kappa shape index (κ3) is 3.82. The van der Waals surface area contributed by atoms with E-state index in [2.05, 4.69) is 28.9 Å². The van der Waals surface area contributed by atoms with Gasteiger partial charge in [-0.15, -0.1) is 28.3 Å². The van der Waals surface area contributed by atoms with Crippen LogP contribution < -0.4 is 5.32 Å². The summed E-state index contributed by atoms with van der Waals surface area (Å²) < 4.78 is 11.5. The van der Waals surface area contributed by atoms with Crippen LogP contribution in [0.1, 0.15) is 42.3 Å². The number of halogens is 1. The first-order valence-corrected chi connectivity index (χ1v) is 9.04. The van der Waals surface area contributed by atoms with Crippen molar-refractivity contribution < 1.29 is 9.47 Å². The fourth-order valence-corrected chi connectivity index (χ4v) is 4.02. The van der Waals surface area contributed by atoms with E-state index >= 15 is 0 Å². The van der Waals surface area contributed by atoms with Gasteiger partial charge in [0.25, 0.3) is 0 Å². The van der Waals surface area contributed by atoms with Gasteiger partial charge >= 0.3 is 0 Å². The van der Waals surface area contributed by atoms with Gasteiger partial charge in [0.05, 0.1) is 5.01 Å². The summed E-state index contributed by atoms with van der Waals surface area (Å²) in [4.78, 5) is 4.79. The molecular weight excluding hydrogens is 388 g/mol. The highest BCUT2D eigenvalue weighted by molar-refractivity contribution is 8.93. The number of nitrogens with one attached hydrogen (secondary N) is 1. The Kier molecular flexibility index (Phi) is 5.92. The minimum atomic E-state index is 0. The van der Waals surface area contributed by atoms with Crippen LogP contribution >= 0.6 is 28.3 Å². The van der Waals surface area contributed by atoms with Crippen LogP contribution in [0.5, 0.6) is 0 Å². The van der Waals surface area contributed by atoms with E-state index in [4.69, 9.17) is 14.5 Å². The molecule has 1 saturated heterocycles. The summed E-state index contributed by atoms with van der Waals surface area (Å²) in [5.74, 6) is 2.07. The van der Waals surface area contributed by atoms with E-state index in [0.29, 0.717) is 11.7 Å². The smallest absolute Gasteiger partial charge is 0.189 e. The van der Waals surface area contributed by atoms with E-state index in [1.165, 1.54) is 10.6 Å². The van der Waals surface area contributed by atoms with E-state index in [-0.39, 0.29) is 17.0 Å². The van der Waals surface area contributed by atoms with Crippen molar-refractivity contribution in [2.24, 2.45) is 0 Å². The second kappa shape index (κ2) is 8.14. The highest BCUT2D eigenvalue weighted by Crippen LogP contribution is 2.33. The van der Waals surface area contributed by atoms with Gasteiger partial charge in [-0.2, -0.15) is 0 Å². The first kappa shape index (κ1) is 17.5. The van der Waals surface area contributed by atoms with Gasteiger partial charge in [-0.05, 0) is 44.3 Å². The largest absolute Gasteiger partial charge is 0.465 e. The number of hydrogen-bond acceptors (Lipinski definition) is 5. The molecule has 0 unspecified atom stereocenters. The summed E-state index contributed by atoms with van der Waals surface area (Å²) in [7, 11) is 0. The van der Waals surface area contributed by atoms with Gasteiger partial charge in [0.1, 0.15) is 18.2 Å². The average molecular weight is 409 g/mol. The fraction of sp³-hybridized carbons (Fsp3) is 0.389. The predicted octanol–water partition coefficient (Wildman–Crippen LogP) is 4.65. The second-order valence-electron chi connectivity index (χ2n) is 5.96. The Morgan fingerprint density at radius 2 is 2.00 bits per heavy atom. The number of piperidine rings is 1. The molecule has 6 heteroatoms. The first-order valence-electron chi connectivity index (χ1n) is 8.16. The molecule has 4 rings (SSSR count). The van der Waals surface area contributed by atoms with E-state index < -0.39 is 0 Å². The number of aromatic nitrogens is 1. The van der Waals surface area contributed by atoms with Gasteiger partial charge in [0.15, 0.2) is 11.5 Å². The lowest BCUT2D eigenvalue weighted by Gasteiger charge is -2.20. The average Bonchev–Trinajstić information content (AvgIpc) is 3.14. The summed E-state index contributed by atoms with van der Waals surface area (Å²) in [6.45, 7) is 2.16.